The van der Waals surface area contributed by atoms with Gasteiger partial charge in [0, 0.05) is 23.3 Å². The molecular weight excluding hydrogens is 244 g/mol. The van der Waals surface area contributed by atoms with Gasteiger partial charge in [-0.05, 0) is 6.07 Å². The number of aromatic nitrogens is 3. The van der Waals surface area contributed by atoms with Gasteiger partial charge in [-0.3, -0.25) is 0 Å². The molecule has 0 unspecified atom stereocenters. The third kappa shape index (κ3) is 1.99. The summed E-state index contributed by atoms with van der Waals surface area (Å²) in [6, 6.07) is 7.73. The molecule has 0 aliphatic heterocycles. The van der Waals surface area contributed by atoms with Crippen molar-refractivity contribution in [3.63, 3.8) is 0 Å². The van der Waals surface area contributed by atoms with E-state index in [1.807, 2.05) is 24.3 Å². The predicted molar refractivity (Wildman–Crippen MR) is 70.6 cm³/mol. The number of benzene rings is 1. The van der Waals surface area contributed by atoms with Crippen molar-refractivity contribution >= 4 is 28.4 Å². The number of carbonyl (C=O) groups is 1. The van der Waals surface area contributed by atoms with Crippen LogP contribution in [0.3, 0.4) is 0 Å². The maximum Gasteiger partial charge on any atom is 0.341 e. The number of aromatic amines is 1. The number of aromatic carboxylic acids is 1. The number of fused-ring (bicyclic) bond motifs is 1. The van der Waals surface area contributed by atoms with Crippen LogP contribution in [0.2, 0.25) is 0 Å². The summed E-state index contributed by atoms with van der Waals surface area (Å²) in [4.78, 5) is 21.9. The maximum atomic E-state index is 11.1. The number of para-hydroxylation sites is 1. The Morgan fingerprint density at radius 2 is 2.16 bits per heavy atom. The van der Waals surface area contributed by atoms with E-state index in [1.54, 1.807) is 6.20 Å². The van der Waals surface area contributed by atoms with E-state index in [0.29, 0.717) is 0 Å². The van der Waals surface area contributed by atoms with Gasteiger partial charge in [-0.2, -0.15) is 0 Å². The summed E-state index contributed by atoms with van der Waals surface area (Å²) in [5.74, 6) is -0.796. The van der Waals surface area contributed by atoms with Crippen LogP contribution in [0.15, 0.2) is 43.0 Å². The van der Waals surface area contributed by atoms with E-state index < -0.39 is 5.97 Å². The van der Waals surface area contributed by atoms with E-state index >= 15 is 0 Å². The number of nitrogens with zero attached hydrogens (tertiary/aromatic N) is 2. The van der Waals surface area contributed by atoms with Gasteiger partial charge in [0.1, 0.15) is 17.7 Å². The first-order valence-electron chi connectivity index (χ1n) is 5.62. The summed E-state index contributed by atoms with van der Waals surface area (Å²) in [5, 5.41) is 13.1. The van der Waals surface area contributed by atoms with Gasteiger partial charge >= 0.3 is 5.97 Å². The van der Waals surface area contributed by atoms with Crippen molar-refractivity contribution in [2.75, 3.05) is 5.32 Å². The minimum atomic E-state index is -1.07. The van der Waals surface area contributed by atoms with Crippen molar-refractivity contribution in [2.45, 2.75) is 0 Å². The Hall–Kier alpha value is -2.89. The first-order valence-corrected chi connectivity index (χ1v) is 5.62. The lowest BCUT2D eigenvalue weighted by molar-refractivity contribution is 0.0697. The van der Waals surface area contributed by atoms with Gasteiger partial charge < -0.3 is 15.4 Å². The molecule has 0 saturated carbocycles. The summed E-state index contributed by atoms with van der Waals surface area (Å²) in [6.07, 6.45) is 4.36. The van der Waals surface area contributed by atoms with Crippen molar-refractivity contribution in [3.05, 3.63) is 48.5 Å². The fourth-order valence-corrected chi connectivity index (χ4v) is 1.89. The molecule has 0 aliphatic rings. The molecule has 0 saturated heterocycles. The lowest BCUT2D eigenvalue weighted by atomic mass is 10.2. The highest BCUT2D eigenvalue weighted by atomic mass is 16.4. The molecule has 3 rings (SSSR count). The monoisotopic (exact) mass is 254 g/mol. The Balaban J connectivity index is 2.04. The highest BCUT2D eigenvalue weighted by Gasteiger charge is 2.12. The van der Waals surface area contributed by atoms with Crippen LogP contribution in [-0.2, 0) is 0 Å². The van der Waals surface area contributed by atoms with Crippen molar-refractivity contribution in [2.24, 2.45) is 0 Å². The topological polar surface area (TPSA) is 90.9 Å². The molecule has 1 aromatic carbocycles. The number of carboxylic acids is 1. The molecule has 19 heavy (non-hydrogen) atoms. The molecule has 2 heterocycles. The van der Waals surface area contributed by atoms with Crippen LogP contribution in [0.25, 0.3) is 10.9 Å². The highest BCUT2D eigenvalue weighted by molar-refractivity contribution is 5.97. The van der Waals surface area contributed by atoms with Gasteiger partial charge in [-0.1, -0.05) is 18.2 Å². The molecule has 0 atom stereocenters. The minimum Gasteiger partial charge on any atom is -0.477 e. The Labute approximate surface area is 108 Å². The molecular formula is C13H10N4O2. The van der Waals surface area contributed by atoms with Gasteiger partial charge in [0.25, 0.3) is 0 Å². The van der Waals surface area contributed by atoms with Crippen molar-refractivity contribution < 1.29 is 9.90 Å². The molecule has 3 aromatic rings. The third-order valence-electron chi connectivity index (χ3n) is 2.78. The average Bonchev–Trinajstić information content (AvgIpc) is 2.83. The molecule has 0 radical (unpaired) electrons. The molecule has 0 fully saturated rings. The molecule has 6 nitrogen and oxygen atoms in total. The number of H-pyrrole nitrogens is 1. The second-order valence-corrected chi connectivity index (χ2v) is 3.96. The Kier molecular flexibility index (Phi) is 2.60. The first-order chi connectivity index (χ1) is 9.25. The first kappa shape index (κ1) is 11.2. The van der Waals surface area contributed by atoms with E-state index in [-0.39, 0.29) is 11.4 Å². The van der Waals surface area contributed by atoms with Gasteiger partial charge in [0.05, 0.1) is 5.69 Å². The average molecular weight is 254 g/mol. The van der Waals surface area contributed by atoms with E-state index in [9.17, 15) is 4.79 Å². The van der Waals surface area contributed by atoms with E-state index in [1.165, 1.54) is 12.5 Å². The predicted octanol–water partition coefficient (Wildman–Crippen LogP) is 2.40. The number of anilines is 2. The van der Waals surface area contributed by atoms with Crippen LogP contribution < -0.4 is 5.32 Å². The van der Waals surface area contributed by atoms with Crippen LogP contribution in [0.5, 0.6) is 0 Å². The van der Waals surface area contributed by atoms with Crippen LogP contribution in [0, 0.1) is 0 Å². The summed E-state index contributed by atoms with van der Waals surface area (Å²) in [5.41, 5.74) is 1.78. The smallest absolute Gasteiger partial charge is 0.341 e. The fraction of sp³-hybridized carbons (Fsp3) is 0. The second-order valence-electron chi connectivity index (χ2n) is 3.96. The van der Waals surface area contributed by atoms with Crippen LogP contribution in [0.4, 0.5) is 11.5 Å². The SMILES string of the molecule is O=C(O)c1cncnc1Nc1c[nH]c2ccccc12. The molecule has 2 aromatic heterocycles. The van der Waals surface area contributed by atoms with Crippen molar-refractivity contribution in [1.29, 1.82) is 0 Å². The quantitative estimate of drug-likeness (QED) is 0.667. The summed E-state index contributed by atoms with van der Waals surface area (Å²) in [7, 11) is 0. The number of hydrogen-bond acceptors (Lipinski definition) is 4. The Bertz CT molecular complexity index is 751. The Morgan fingerprint density at radius 1 is 1.32 bits per heavy atom. The van der Waals surface area contributed by atoms with Crippen LogP contribution >= 0.6 is 0 Å². The standard InChI is InChI=1S/C13H10N4O2/c18-13(19)9-5-14-7-16-12(9)17-11-6-15-10-4-2-1-3-8(10)11/h1-7,15H,(H,18,19)(H,14,16,17). The van der Waals surface area contributed by atoms with Crippen LogP contribution in [0.1, 0.15) is 10.4 Å². The molecule has 0 spiro atoms. The minimum absolute atomic E-state index is 0.0350. The van der Waals surface area contributed by atoms with Gasteiger partial charge in [-0.25, -0.2) is 14.8 Å². The fourth-order valence-electron chi connectivity index (χ4n) is 1.89. The van der Waals surface area contributed by atoms with Crippen molar-refractivity contribution in [1.82, 2.24) is 15.0 Å². The maximum absolute atomic E-state index is 11.1. The lowest BCUT2D eigenvalue weighted by Gasteiger charge is -2.06. The third-order valence-corrected chi connectivity index (χ3v) is 2.78. The summed E-state index contributed by atoms with van der Waals surface area (Å²) < 4.78 is 0. The molecule has 0 bridgehead atoms. The molecule has 0 amide bonds. The molecule has 3 N–H and O–H groups in total. The molecule has 6 heteroatoms. The van der Waals surface area contributed by atoms with Gasteiger partial charge in [0.2, 0.25) is 0 Å². The second kappa shape index (κ2) is 4.41. The molecule has 94 valence electrons. The molecule has 0 aliphatic carbocycles. The number of nitrogens with one attached hydrogen (secondary N) is 2. The van der Waals surface area contributed by atoms with Crippen molar-refractivity contribution in [3.8, 4) is 0 Å². The van der Waals surface area contributed by atoms with Gasteiger partial charge in [0.15, 0.2) is 0 Å². The van der Waals surface area contributed by atoms with Crippen LogP contribution in [-0.4, -0.2) is 26.0 Å². The zero-order chi connectivity index (χ0) is 13.2. The zero-order valence-corrected chi connectivity index (χ0v) is 9.79. The summed E-state index contributed by atoms with van der Waals surface area (Å²) in [6.45, 7) is 0. The van der Waals surface area contributed by atoms with E-state index in [4.69, 9.17) is 5.11 Å². The van der Waals surface area contributed by atoms with Gasteiger partial charge in [-0.15, -0.1) is 0 Å². The van der Waals surface area contributed by atoms with E-state index in [2.05, 4.69) is 20.3 Å². The lowest BCUT2D eigenvalue weighted by Crippen LogP contribution is -2.05. The zero-order valence-electron chi connectivity index (χ0n) is 9.79. The Morgan fingerprint density at radius 3 is 3.00 bits per heavy atom. The van der Waals surface area contributed by atoms with E-state index in [0.717, 1.165) is 16.6 Å². The highest BCUT2D eigenvalue weighted by Crippen LogP contribution is 2.26. The number of hydrogen-bond donors (Lipinski definition) is 3. The normalized spacial score (nSPS) is 10.5. The number of rotatable bonds is 3. The summed E-state index contributed by atoms with van der Waals surface area (Å²) >= 11 is 0. The largest absolute Gasteiger partial charge is 0.477 e. The number of carboxylic acid groups (broad SMARTS) is 1.